The number of benzene rings is 3. The second-order valence-electron chi connectivity index (χ2n) is 5.87. The van der Waals surface area contributed by atoms with Crippen molar-refractivity contribution in [2.45, 2.75) is 13.3 Å². The molecule has 3 aromatic carbocycles. The van der Waals surface area contributed by atoms with Crippen molar-refractivity contribution in [3.63, 3.8) is 0 Å². The van der Waals surface area contributed by atoms with Gasteiger partial charge >= 0.3 is 0 Å². The van der Waals surface area contributed by atoms with E-state index in [0.717, 1.165) is 29.3 Å². The largest absolute Gasteiger partial charge is 0.504 e. The topological polar surface area (TPSA) is 71.0 Å². The molecule has 0 aliphatic carbocycles. The van der Waals surface area contributed by atoms with Crippen molar-refractivity contribution in [1.29, 1.82) is 0 Å². The highest BCUT2D eigenvalue weighted by molar-refractivity contribution is 6.15. The average Bonchev–Trinajstić information content (AvgIpc) is 2.63. The van der Waals surface area contributed by atoms with Crippen molar-refractivity contribution < 1.29 is 19.7 Å². The van der Waals surface area contributed by atoms with E-state index >= 15 is 0 Å². The molecule has 0 fully saturated rings. The van der Waals surface area contributed by atoms with Gasteiger partial charge in [-0.15, -0.1) is 0 Å². The Hall–Kier alpha value is -2.66. The normalized spacial score (nSPS) is 11.2. The number of phenols is 2. The predicted octanol–water partition coefficient (Wildman–Crippen LogP) is 3.57. The summed E-state index contributed by atoms with van der Waals surface area (Å²) in [5.41, 5.74) is 1.000. The van der Waals surface area contributed by atoms with Gasteiger partial charge in [0, 0.05) is 16.2 Å². The Balaban J connectivity index is 2.43. The van der Waals surface area contributed by atoms with Crippen LogP contribution in [0, 0.1) is 0 Å². The smallest absolute Gasteiger partial charge is 0.166 e. The van der Waals surface area contributed by atoms with Crippen LogP contribution in [0.5, 0.6) is 23.0 Å². The van der Waals surface area contributed by atoms with E-state index in [-0.39, 0.29) is 11.5 Å². The van der Waals surface area contributed by atoms with Gasteiger partial charge in [0.2, 0.25) is 0 Å². The minimum Gasteiger partial charge on any atom is -0.504 e. The zero-order chi connectivity index (χ0) is 18.0. The number of hydrogen-bond donors (Lipinski definition) is 3. The summed E-state index contributed by atoms with van der Waals surface area (Å²) in [6.45, 7) is 3.12. The van der Waals surface area contributed by atoms with E-state index in [1.807, 2.05) is 38.2 Å². The van der Waals surface area contributed by atoms with Gasteiger partial charge in [-0.1, -0.05) is 12.1 Å². The monoisotopic (exact) mass is 341 g/mol. The summed E-state index contributed by atoms with van der Waals surface area (Å²) in [7, 11) is 3.42. The van der Waals surface area contributed by atoms with E-state index in [1.165, 1.54) is 7.11 Å². The molecule has 3 N–H and O–H groups in total. The summed E-state index contributed by atoms with van der Waals surface area (Å²) in [5, 5.41) is 27.6. The fourth-order valence-corrected chi connectivity index (χ4v) is 3.23. The fraction of sp³-hybridized carbons (Fsp3) is 0.300. The van der Waals surface area contributed by atoms with Gasteiger partial charge in [0.1, 0.15) is 0 Å². The number of aromatic hydroxyl groups is 2. The van der Waals surface area contributed by atoms with E-state index in [4.69, 9.17) is 9.47 Å². The molecular formula is C20H23NO4. The molecule has 5 nitrogen and oxygen atoms in total. The van der Waals surface area contributed by atoms with Crippen molar-refractivity contribution in [2.24, 2.45) is 0 Å². The number of rotatable bonds is 6. The van der Waals surface area contributed by atoms with Gasteiger partial charge in [-0.3, -0.25) is 0 Å². The van der Waals surface area contributed by atoms with Gasteiger partial charge in [-0.2, -0.15) is 0 Å². The van der Waals surface area contributed by atoms with Crippen LogP contribution in [0.25, 0.3) is 21.5 Å². The SMILES string of the molecule is CCOc1cc(CCNC)c2c(ccc3ccc(OC)c(O)c32)c1O. The molecule has 3 aromatic rings. The van der Waals surface area contributed by atoms with Crippen LogP contribution in [-0.2, 0) is 6.42 Å². The average molecular weight is 341 g/mol. The third kappa shape index (κ3) is 2.91. The van der Waals surface area contributed by atoms with Gasteiger partial charge in [-0.25, -0.2) is 0 Å². The van der Waals surface area contributed by atoms with Crippen LogP contribution in [0.1, 0.15) is 12.5 Å². The molecule has 0 atom stereocenters. The van der Waals surface area contributed by atoms with Crippen molar-refractivity contribution in [3.8, 4) is 23.0 Å². The maximum Gasteiger partial charge on any atom is 0.166 e. The molecule has 0 spiro atoms. The molecule has 0 aromatic heterocycles. The van der Waals surface area contributed by atoms with Gasteiger partial charge < -0.3 is 25.0 Å². The standard InChI is InChI=1S/C20H23NO4/c1-4-25-16-11-13(9-10-21-2)17-14(19(16)22)7-5-12-6-8-15(24-3)20(23)18(12)17/h5-8,11,21-23H,4,9-10H2,1-3H3. The number of ether oxygens (including phenoxy) is 2. The lowest BCUT2D eigenvalue weighted by atomic mass is 9.94. The van der Waals surface area contributed by atoms with Crippen molar-refractivity contribution in [3.05, 3.63) is 35.9 Å². The van der Waals surface area contributed by atoms with Crippen LogP contribution in [0.2, 0.25) is 0 Å². The number of phenolic OH excluding ortho intramolecular Hbond substituents is 2. The first-order chi connectivity index (χ1) is 12.1. The van der Waals surface area contributed by atoms with Crippen LogP contribution >= 0.6 is 0 Å². The van der Waals surface area contributed by atoms with E-state index in [0.29, 0.717) is 28.9 Å². The molecule has 0 radical (unpaired) electrons. The highest BCUT2D eigenvalue weighted by atomic mass is 16.5. The van der Waals surface area contributed by atoms with Gasteiger partial charge in [0.05, 0.1) is 13.7 Å². The number of nitrogens with one attached hydrogen (secondary N) is 1. The zero-order valence-electron chi connectivity index (χ0n) is 14.7. The predicted molar refractivity (Wildman–Crippen MR) is 100 cm³/mol. The highest BCUT2D eigenvalue weighted by Crippen LogP contribution is 2.45. The lowest BCUT2D eigenvalue weighted by Gasteiger charge is -2.16. The minimum absolute atomic E-state index is 0.0832. The Labute approximate surface area is 146 Å². The number of likely N-dealkylation sites (N-methyl/N-ethyl adjacent to an activating group) is 1. The summed E-state index contributed by atoms with van der Waals surface area (Å²) in [4.78, 5) is 0. The Morgan fingerprint density at radius 1 is 1.00 bits per heavy atom. The number of fused-ring (bicyclic) bond motifs is 3. The molecule has 3 rings (SSSR count). The van der Waals surface area contributed by atoms with Crippen LogP contribution in [0.15, 0.2) is 30.3 Å². The maximum atomic E-state index is 10.7. The number of methoxy groups -OCH3 is 1. The molecule has 0 amide bonds. The number of hydrogen-bond acceptors (Lipinski definition) is 5. The minimum atomic E-state index is 0.0832. The first-order valence-electron chi connectivity index (χ1n) is 8.37. The van der Waals surface area contributed by atoms with Crippen molar-refractivity contribution >= 4 is 21.5 Å². The Bertz CT molecular complexity index is 921. The summed E-state index contributed by atoms with van der Waals surface area (Å²) < 4.78 is 10.9. The molecule has 0 aliphatic heterocycles. The molecule has 0 heterocycles. The van der Waals surface area contributed by atoms with Gasteiger partial charge in [0.25, 0.3) is 0 Å². The molecule has 0 aliphatic rings. The van der Waals surface area contributed by atoms with Gasteiger partial charge in [0.15, 0.2) is 23.0 Å². The first kappa shape index (κ1) is 17.2. The Kier molecular flexibility index (Phi) is 4.86. The van der Waals surface area contributed by atoms with E-state index < -0.39 is 0 Å². The Morgan fingerprint density at radius 3 is 2.44 bits per heavy atom. The molecule has 0 bridgehead atoms. The molecule has 132 valence electrons. The summed E-state index contributed by atoms with van der Waals surface area (Å²) in [6.07, 6.45) is 0.739. The first-order valence-corrected chi connectivity index (χ1v) is 8.37. The van der Waals surface area contributed by atoms with Crippen molar-refractivity contribution in [2.75, 3.05) is 27.3 Å². The quantitative estimate of drug-likeness (QED) is 0.598. The summed E-state index contributed by atoms with van der Waals surface area (Å²) in [5.74, 6) is 1.05. The van der Waals surface area contributed by atoms with E-state index in [9.17, 15) is 10.2 Å². The lowest BCUT2D eigenvalue weighted by Crippen LogP contribution is -2.10. The van der Waals surface area contributed by atoms with E-state index in [2.05, 4.69) is 5.32 Å². The Morgan fingerprint density at radius 2 is 1.76 bits per heavy atom. The molecule has 0 saturated heterocycles. The van der Waals surface area contributed by atoms with Crippen LogP contribution in [0.3, 0.4) is 0 Å². The fourth-order valence-electron chi connectivity index (χ4n) is 3.23. The molecule has 5 heteroatoms. The van der Waals surface area contributed by atoms with Crippen LogP contribution in [0.4, 0.5) is 0 Å². The third-order valence-electron chi connectivity index (χ3n) is 4.40. The second-order valence-corrected chi connectivity index (χ2v) is 5.87. The maximum absolute atomic E-state index is 10.7. The lowest BCUT2D eigenvalue weighted by molar-refractivity contribution is 0.319. The molecular weight excluding hydrogens is 318 g/mol. The van der Waals surface area contributed by atoms with E-state index in [1.54, 1.807) is 6.07 Å². The van der Waals surface area contributed by atoms with Gasteiger partial charge in [-0.05, 0) is 56.1 Å². The zero-order valence-corrected chi connectivity index (χ0v) is 14.7. The van der Waals surface area contributed by atoms with Crippen molar-refractivity contribution in [1.82, 2.24) is 5.32 Å². The van der Waals surface area contributed by atoms with Crippen LogP contribution < -0.4 is 14.8 Å². The third-order valence-corrected chi connectivity index (χ3v) is 4.40. The second kappa shape index (κ2) is 7.07. The highest BCUT2D eigenvalue weighted by Gasteiger charge is 2.18. The molecule has 0 unspecified atom stereocenters. The molecule has 25 heavy (non-hydrogen) atoms. The van der Waals surface area contributed by atoms with Crippen LogP contribution in [-0.4, -0.2) is 37.5 Å². The summed E-state index contributed by atoms with van der Waals surface area (Å²) >= 11 is 0. The molecule has 0 saturated carbocycles. The summed E-state index contributed by atoms with van der Waals surface area (Å²) in [6, 6.07) is 9.25.